The van der Waals surface area contributed by atoms with Crippen molar-refractivity contribution in [2.75, 3.05) is 14.2 Å². The van der Waals surface area contributed by atoms with Crippen molar-refractivity contribution in [3.05, 3.63) is 102 Å². The highest BCUT2D eigenvalue weighted by atomic mass is 16.5. The Morgan fingerprint density at radius 3 is 2.51 bits per heavy atom. The smallest absolute Gasteiger partial charge is 0.254 e. The molecule has 196 valence electrons. The van der Waals surface area contributed by atoms with Gasteiger partial charge in [0.25, 0.3) is 5.91 Å². The first-order valence-corrected chi connectivity index (χ1v) is 13.1. The molecule has 0 unspecified atom stereocenters. The second-order valence-electron chi connectivity index (χ2n) is 9.87. The maximum absolute atomic E-state index is 13.9. The lowest BCUT2D eigenvalue weighted by Crippen LogP contribution is -2.33. The molecule has 0 aliphatic heterocycles. The Morgan fingerprint density at radius 2 is 1.82 bits per heavy atom. The van der Waals surface area contributed by atoms with Crippen molar-refractivity contribution < 1.29 is 14.3 Å². The number of aromatic nitrogens is 3. The van der Waals surface area contributed by atoms with Gasteiger partial charge in [0.2, 0.25) is 0 Å². The summed E-state index contributed by atoms with van der Waals surface area (Å²) in [4.78, 5) is 21.0. The van der Waals surface area contributed by atoms with Gasteiger partial charge in [-0.05, 0) is 85.5 Å². The first-order valence-electron chi connectivity index (χ1n) is 13.1. The molecule has 3 aromatic carbocycles. The summed E-state index contributed by atoms with van der Waals surface area (Å²) in [5.74, 6) is 1.43. The molecule has 0 spiro atoms. The molecule has 2 aromatic heterocycles. The molecule has 6 rings (SSSR count). The van der Waals surface area contributed by atoms with Crippen molar-refractivity contribution in [2.45, 2.75) is 32.4 Å². The number of carbonyl (C=O) groups excluding carboxylic acids is 1. The van der Waals surface area contributed by atoms with Gasteiger partial charge in [0, 0.05) is 41.5 Å². The third-order valence-corrected chi connectivity index (χ3v) is 7.26. The van der Waals surface area contributed by atoms with E-state index in [9.17, 15) is 4.79 Å². The van der Waals surface area contributed by atoms with Crippen LogP contribution in [0.4, 0.5) is 0 Å². The molecule has 0 bridgehead atoms. The Morgan fingerprint density at radius 1 is 1.00 bits per heavy atom. The molecule has 0 atom stereocenters. The summed E-state index contributed by atoms with van der Waals surface area (Å²) >= 11 is 0. The Hall–Kier alpha value is -4.65. The van der Waals surface area contributed by atoms with E-state index in [2.05, 4.69) is 30.2 Å². The number of nitrogens with zero attached hydrogens (tertiary/aromatic N) is 4. The average Bonchev–Trinajstić information content (AvgIpc) is 3.67. The molecule has 5 aromatic rings. The fourth-order valence-corrected chi connectivity index (χ4v) is 5.02. The van der Waals surface area contributed by atoms with Crippen LogP contribution in [0, 0.1) is 6.92 Å². The molecule has 0 radical (unpaired) electrons. The van der Waals surface area contributed by atoms with Crippen LogP contribution in [-0.4, -0.2) is 45.8 Å². The number of hydrogen-bond donors (Lipinski definition) is 0. The fraction of sp³-hybridized carbons (Fsp3) is 0.219. The van der Waals surface area contributed by atoms with Gasteiger partial charge in [-0.25, -0.2) is 9.67 Å². The predicted molar refractivity (Wildman–Crippen MR) is 151 cm³/mol. The van der Waals surface area contributed by atoms with Crippen molar-refractivity contribution in [1.29, 1.82) is 0 Å². The van der Waals surface area contributed by atoms with Crippen molar-refractivity contribution in [3.63, 3.8) is 0 Å². The number of benzene rings is 3. The zero-order valence-corrected chi connectivity index (χ0v) is 22.3. The zero-order chi connectivity index (χ0) is 26.9. The van der Waals surface area contributed by atoms with Crippen LogP contribution in [-0.2, 0) is 6.54 Å². The number of pyridine rings is 1. The molecule has 0 saturated heterocycles. The van der Waals surface area contributed by atoms with E-state index in [0.717, 1.165) is 57.6 Å². The molecule has 2 heterocycles. The van der Waals surface area contributed by atoms with Gasteiger partial charge in [0.15, 0.2) is 0 Å². The quantitative estimate of drug-likeness (QED) is 0.244. The highest BCUT2D eigenvalue weighted by Crippen LogP contribution is 2.38. The van der Waals surface area contributed by atoms with E-state index in [1.54, 1.807) is 25.1 Å². The summed E-state index contributed by atoms with van der Waals surface area (Å²) in [6.07, 6.45) is 5.61. The monoisotopic (exact) mass is 518 g/mol. The number of para-hydroxylation sites is 1. The normalized spacial score (nSPS) is 12.9. The lowest BCUT2D eigenvalue weighted by atomic mass is 10.00. The highest BCUT2D eigenvalue weighted by molar-refractivity contribution is 5.95. The first-order chi connectivity index (χ1) is 19.1. The predicted octanol–water partition coefficient (Wildman–Crippen LogP) is 6.22. The lowest BCUT2D eigenvalue weighted by Gasteiger charge is -2.25. The van der Waals surface area contributed by atoms with Gasteiger partial charge in [-0.1, -0.05) is 18.2 Å². The minimum Gasteiger partial charge on any atom is -0.497 e. The van der Waals surface area contributed by atoms with Crippen LogP contribution in [0.25, 0.3) is 27.8 Å². The largest absolute Gasteiger partial charge is 0.497 e. The van der Waals surface area contributed by atoms with Gasteiger partial charge in [0.1, 0.15) is 11.5 Å². The molecule has 39 heavy (non-hydrogen) atoms. The van der Waals surface area contributed by atoms with Gasteiger partial charge >= 0.3 is 0 Å². The first kappa shape index (κ1) is 24.7. The molecular formula is C32H30N4O3. The molecule has 1 amide bonds. The molecule has 1 aliphatic carbocycles. The summed E-state index contributed by atoms with van der Waals surface area (Å²) in [5, 5.41) is 5.33. The van der Waals surface area contributed by atoms with E-state index in [1.807, 2.05) is 65.7 Å². The maximum atomic E-state index is 13.9. The van der Waals surface area contributed by atoms with Crippen LogP contribution in [0.3, 0.4) is 0 Å². The molecule has 1 fully saturated rings. The van der Waals surface area contributed by atoms with E-state index in [0.29, 0.717) is 17.9 Å². The van der Waals surface area contributed by atoms with Crippen LogP contribution in [0.2, 0.25) is 0 Å². The van der Waals surface area contributed by atoms with Gasteiger partial charge in [-0.3, -0.25) is 4.79 Å². The average molecular weight is 519 g/mol. The van der Waals surface area contributed by atoms with E-state index >= 15 is 0 Å². The third-order valence-electron chi connectivity index (χ3n) is 7.26. The minimum absolute atomic E-state index is 0.0115. The van der Waals surface area contributed by atoms with Crippen LogP contribution >= 0.6 is 0 Å². The second kappa shape index (κ2) is 10.3. The number of amides is 1. The molecule has 7 nitrogen and oxygen atoms in total. The van der Waals surface area contributed by atoms with E-state index in [-0.39, 0.29) is 11.9 Å². The minimum atomic E-state index is 0.0115. The number of rotatable bonds is 8. The van der Waals surface area contributed by atoms with Crippen LogP contribution in [0.15, 0.2) is 85.2 Å². The fourth-order valence-electron chi connectivity index (χ4n) is 5.02. The van der Waals surface area contributed by atoms with Crippen LogP contribution in [0.5, 0.6) is 11.5 Å². The Balaban J connectivity index is 1.42. The van der Waals surface area contributed by atoms with E-state index in [4.69, 9.17) is 14.5 Å². The number of carbonyl (C=O) groups is 1. The molecule has 7 heteroatoms. The topological polar surface area (TPSA) is 69.5 Å². The van der Waals surface area contributed by atoms with Gasteiger partial charge in [0.05, 0.1) is 31.1 Å². The Bertz CT molecular complexity index is 1640. The summed E-state index contributed by atoms with van der Waals surface area (Å²) in [7, 11) is 3.31. The van der Waals surface area contributed by atoms with Gasteiger partial charge < -0.3 is 14.4 Å². The summed E-state index contributed by atoms with van der Waals surface area (Å²) in [5.41, 5.74) is 6.19. The van der Waals surface area contributed by atoms with Crippen molar-refractivity contribution in [1.82, 2.24) is 19.7 Å². The molecular weight excluding hydrogens is 488 g/mol. The standard InChI is InChI=1S/C32H30N4O3/c1-21-6-4-7-23-18-24(31(34-30(21)23)28-19-27(38-2)14-15-29(28)39-3)20-35(25-12-13-25)32(37)22-8-10-26(11-9-22)36-17-5-16-33-36/h4-11,14-19,25H,12-13,20H2,1-3H3. The highest BCUT2D eigenvalue weighted by Gasteiger charge is 2.34. The summed E-state index contributed by atoms with van der Waals surface area (Å²) < 4.78 is 13.1. The van der Waals surface area contributed by atoms with E-state index < -0.39 is 0 Å². The van der Waals surface area contributed by atoms with E-state index in [1.165, 1.54) is 0 Å². The van der Waals surface area contributed by atoms with Gasteiger partial charge in [-0.15, -0.1) is 0 Å². The molecule has 1 aliphatic rings. The van der Waals surface area contributed by atoms with Crippen LogP contribution < -0.4 is 9.47 Å². The van der Waals surface area contributed by atoms with Gasteiger partial charge in [-0.2, -0.15) is 5.10 Å². The Labute approximate surface area is 227 Å². The second-order valence-corrected chi connectivity index (χ2v) is 9.87. The van der Waals surface area contributed by atoms with Crippen molar-refractivity contribution in [3.8, 4) is 28.4 Å². The summed E-state index contributed by atoms with van der Waals surface area (Å²) in [6, 6.07) is 23.8. The molecule has 1 saturated carbocycles. The Kier molecular flexibility index (Phi) is 6.49. The number of fused-ring (bicyclic) bond motifs is 1. The number of methoxy groups -OCH3 is 2. The maximum Gasteiger partial charge on any atom is 0.254 e. The lowest BCUT2D eigenvalue weighted by molar-refractivity contribution is 0.0730. The zero-order valence-electron chi connectivity index (χ0n) is 22.3. The van der Waals surface area contributed by atoms with Crippen molar-refractivity contribution in [2.24, 2.45) is 0 Å². The number of aryl methyl sites for hydroxylation is 1. The summed E-state index contributed by atoms with van der Waals surface area (Å²) in [6.45, 7) is 2.51. The number of hydrogen-bond acceptors (Lipinski definition) is 5. The number of ether oxygens (including phenoxy) is 2. The SMILES string of the molecule is COc1ccc(OC)c(-c2nc3c(C)cccc3cc2CN(C(=O)c2ccc(-n3cccn3)cc2)C2CC2)c1. The third kappa shape index (κ3) is 4.83. The van der Waals surface area contributed by atoms with Crippen LogP contribution in [0.1, 0.15) is 34.3 Å². The molecule has 0 N–H and O–H groups in total. The van der Waals surface area contributed by atoms with Crippen molar-refractivity contribution >= 4 is 16.8 Å².